The molecule has 11 rings (SSSR count). The third-order valence-corrected chi connectivity index (χ3v) is 13.3. The molecule has 6 nitrogen and oxygen atoms in total. The quantitative estimate of drug-likeness (QED) is 0.128. The first-order chi connectivity index (χ1) is 28.6. The van der Waals surface area contributed by atoms with Crippen molar-refractivity contribution in [3.63, 3.8) is 0 Å². The summed E-state index contributed by atoms with van der Waals surface area (Å²) in [7, 11) is 0. The molecule has 1 atom stereocenters. The van der Waals surface area contributed by atoms with E-state index in [0.29, 0.717) is 23.3 Å². The molecule has 0 aliphatic rings. The van der Waals surface area contributed by atoms with E-state index in [0.717, 1.165) is 65.7 Å². The van der Waals surface area contributed by atoms with Gasteiger partial charge >= 0.3 is 0 Å². The van der Waals surface area contributed by atoms with Gasteiger partial charge in [-0.25, -0.2) is 19.9 Å². The Balaban J connectivity index is 1.07. The number of hydrogen-bond acceptors (Lipinski definition) is 7. The van der Waals surface area contributed by atoms with Crippen LogP contribution in [0.3, 0.4) is 0 Å². The van der Waals surface area contributed by atoms with Crippen LogP contribution < -0.4 is 5.73 Å². The number of nitrogens with zero attached hydrogens (tertiary/aromatic N) is 4. The lowest BCUT2D eigenvalue weighted by atomic mass is 9.95. The Labute approximate surface area is 341 Å². The van der Waals surface area contributed by atoms with Crippen LogP contribution in [0.5, 0.6) is 0 Å². The molecule has 0 spiro atoms. The van der Waals surface area contributed by atoms with E-state index in [4.69, 9.17) is 30.1 Å². The molecule has 0 saturated carbocycles. The number of benzene rings is 7. The Morgan fingerprint density at radius 1 is 0.552 bits per heavy atom. The van der Waals surface area contributed by atoms with Gasteiger partial charge in [0.25, 0.3) is 0 Å². The molecule has 11 aromatic rings. The van der Waals surface area contributed by atoms with Crippen LogP contribution >= 0.6 is 22.7 Å². The Hall–Kier alpha value is -7.00. The predicted octanol–water partition coefficient (Wildman–Crippen LogP) is 13.5. The van der Waals surface area contributed by atoms with Crippen molar-refractivity contribution in [3.05, 3.63) is 180 Å². The Kier molecular flexibility index (Phi) is 8.20. The largest absolute Gasteiger partial charge is 0.456 e. The highest BCUT2D eigenvalue weighted by Crippen LogP contribution is 2.46. The minimum Gasteiger partial charge on any atom is -0.456 e. The minimum absolute atomic E-state index is 0.0119. The van der Waals surface area contributed by atoms with E-state index in [1.807, 2.05) is 72.8 Å². The summed E-state index contributed by atoms with van der Waals surface area (Å²) >= 11 is 3.56. The molecule has 0 radical (unpaired) electrons. The molecule has 8 heteroatoms. The summed E-state index contributed by atoms with van der Waals surface area (Å²) in [4.78, 5) is 21.7. The summed E-state index contributed by atoms with van der Waals surface area (Å²) in [6.07, 6.45) is 0. The number of aromatic nitrogens is 3. The molecule has 4 heterocycles. The molecule has 0 saturated heterocycles. The summed E-state index contributed by atoms with van der Waals surface area (Å²) in [5, 5.41) is 5.48. The number of aliphatic imine (C=N–C) groups is 1. The smallest absolute Gasteiger partial charge is 0.164 e. The molecule has 0 fully saturated rings. The molecule has 58 heavy (non-hydrogen) atoms. The molecule has 2 N–H and O–H groups in total. The van der Waals surface area contributed by atoms with E-state index >= 15 is 0 Å². The number of fused-ring (bicyclic) bond motifs is 7. The summed E-state index contributed by atoms with van der Waals surface area (Å²) in [5.41, 5.74) is 13.9. The first kappa shape index (κ1) is 34.3. The maximum Gasteiger partial charge on any atom is 0.164 e. The van der Waals surface area contributed by atoms with Gasteiger partial charge in [-0.3, -0.25) is 0 Å². The standard InChI is InChI=1S/C50H33N5OS2/c1-29(46-45(35-18-9-11-22-42(35)58-46)52-47(51)30-13-4-2-5-14-30)32-23-25-39-38(27-32)44-36(19-12-20-40(44)56-39)50-54-48(31-15-6-3-7-16-31)53-49(55-50)33-24-26-43-37(28-33)34-17-8-10-21-41(34)57-43/h2-29H,1H3,(H2,51,52). The third kappa shape index (κ3) is 5.84. The second kappa shape index (κ2) is 13.9. The zero-order chi connectivity index (χ0) is 38.7. The van der Waals surface area contributed by atoms with E-state index in [1.54, 1.807) is 22.7 Å². The molecule has 0 bridgehead atoms. The van der Waals surface area contributed by atoms with E-state index in [-0.39, 0.29) is 5.92 Å². The molecule has 0 aliphatic carbocycles. The van der Waals surface area contributed by atoms with Crippen LogP contribution in [-0.4, -0.2) is 20.8 Å². The average molecular weight is 784 g/mol. The summed E-state index contributed by atoms with van der Waals surface area (Å²) in [6.45, 7) is 2.24. The van der Waals surface area contributed by atoms with Gasteiger partial charge in [-0.2, -0.15) is 0 Å². The van der Waals surface area contributed by atoms with Gasteiger partial charge in [-0.05, 0) is 54.1 Å². The molecule has 0 amide bonds. The fraction of sp³-hybridized carbons (Fsp3) is 0.0400. The van der Waals surface area contributed by atoms with Crippen LogP contribution in [0.2, 0.25) is 0 Å². The topological polar surface area (TPSA) is 90.2 Å². The number of thiophene rings is 2. The lowest BCUT2D eigenvalue weighted by molar-refractivity contribution is 0.668. The van der Waals surface area contributed by atoms with E-state index < -0.39 is 0 Å². The Morgan fingerprint density at radius 2 is 1.22 bits per heavy atom. The molecular formula is C50H33N5OS2. The molecule has 4 aromatic heterocycles. The summed E-state index contributed by atoms with van der Waals surface area (Å²) in [6, 6.07) is 56.1. The highest BCUT2D eigenvalue weighted by molar-refractivity contribution is 7.25. The van der Waals surface area contributed by atoms with Gasteiger partial charge in [-0.15, -0.1) is 22.7 Å². The van der Waals surface area contributed by atoms with Crippen LogP contribution in [0, 0.1) is 0 Å². The minimum atomic E-state index is 0.0119. The van der Waals surface area contributed by atoms with Gasteiger partial charge in [-0.1, -0.05) is 122 Å². The van der Waals surface area contributed by atoms with Crippen LogP contribution in [0.4, 0.5) is 5.69 Å². The van der Waals surface area contributed by atoms with Crippen molar-refractivity contribution in [2.45, 2.75) is 12.8 Å². The Morgan fingerprint density at radius 3 is 2.03 bits per heavy atom. The van der Waals surface area contributed by atoms with Crippen LogP contribution in [-0.2, 0) is 0 Å². The van der Waals surface area contributed by atoms with Gasteiger partial charge in [0, 0.05) is 74.1 Å². The van der Waals surface area contributed by atoms with E-state index in [9.17, 15) is 0 Å². The van der Waals surface area contributed by atoms with Gasteiger partial charge in [0.05, 0.1) is 5.69 Å². The Bertz CT molecular complexity index is 3380. The lowest BCUT2D eigenvalue weighted by Gasteiger charge is -2.13. The van der Waals surface area contributed by atoms with Gasteiger partial charge in [0.15, 0.2) is 17.5 Å². The molecule has 7 aromatic carbocycles. The van der Waals surface area contributed by atoms with Crippen molar-refractivity contribution in [1.29, 1.82) is 0 Å². The summed E-state index contributed by atoms with van der Waals surface area (Å²) in [5.74, 6) is 2.32. The third-order valence-electron chi connectivity index (χ3n) is 10.9. The van der Waals surface area contributed by atoms with Crippen molar-refractivity contribution < 1.29 is 4.42 Å². The number of hydrogen-bond donors (Lipinski definition) is 1. The fourth-order valence-electron chi connectivity index (χ4n) is 7.91. The van der Waals surface area contributed by atoms with Crippen LogP contribution in [0.1, 0.15) is 28.8 Å². The monoisotopic (exact) mass is 783 g/mol. The molecular weight excluding hydrogens is 751 g/mol. The van der Waals surface area contributed by atoms with Gasteiger partial charge in [0.1, 0.15) is 17.0 Å². The van der Waals surface area contributed by atoms with Crippen molar-refractivity contribution in [1.82, 2.24) is 15.0 Å². The van der Waals surface area contributed by atoms with Gasteiger partial charge in [0.2, 0.25) is 0 Å². The number of nitrogens with two attached hydrogens (primary N) is 1. The maximum atomic E-state index is 6.64. The molecule has 1 unspecified atom stereocenters. The summed E-state index contributed by atoms with van der Waals surface area (Å²) < 4.78 is 10.2. The maximum absolute atomic E-state index is 6.64. The van der Waals surface area contributed by atoms with Gasteiger partial charge < -0.3 is 10.2 Å². The van der Waals surface area contributed by atoms with Crippen molar-refractivity contribution in [2.24, 2.45) is 10.7 Å². The zero-order valence-electron chi connectivity index (χ0n) is 31.3. The van der Waals surface area contributed by atoms with Crippen molar-refractivity contribution in [3.8, 4) is 34.2 Å². The lowest BCUT2D eigenvalue weighted by Crippen LogP contribution is -2.12. The number of amidine groups is 1. The number of furan rings is 1. The SMILES string of the molecule is CC(c1ccc2oc3cccc(-c4nc(-c5ccccc5)nc(-c5ccc6sc7ccccc7c6c5)n4)c3c2c1)c1sc2ccccc2c1N=C(N)c1ccccc1. The average Bonchev–Trinajstić information content (AvgIpc) is 3.97. The fourth-order valence-corrected chi connectivity index (χ4v) is 10.2. The van der Waals surface area contributed by atoms with Crippen molar-refractivity contribution >= 4 is 86.4 Å². The number of rotatable bonds is 7. The second-order valence-corrected chi connectivity index (χ2v) is 16.6. The van der Waals surface area contributed by atoms with E-state index in [2.05, 4.69) is 97.9 Å². The molecule has 0 aliphatic heterocycles. The highest BCUT2D eigenvalue weighted by atomic mass is 32.1. The first-order valence-electron chi connectivity index (χ1n) is 19.2. The molecule has 276 valence electrons. The van der Waals surface area contributed by atoms with E-state index in [1.165, 1.54) is 24.9 Å². The second-order valence-electron chi connectivity index (χ2n) is 14.4. The highest BCUT2D eigenvalue weighted by Gasteiger charge is 2.23. The van der Waals surface area contributed by atoms with Crippen molar-refractivity contribution in [2.75, 3.05) is 0 Å². The first-order valence-corrected chi connectivity index (χ1v) is 20.8. The predicted molar refractivity (Wildman–Crippen MR) is 242 cm³/mol. The zero-order valence-corrected chi connectivity index (χ0v) is 32.9. The van der Waals surface area contributed by atoms with Crippen LogP contribution in [0.25, 0.3) is 86.4 Å². The normalized spacial score (nSPS) is 12.7. The van der Waals surface area contributed by atoms with Crippen LogP contribution in [0.15, 0.2) is 173 Å².